The quantitative estimate of drug-likeness (QED) is 0.169. The number of esters is 1. The van der Waals surface area contributed by atoms with Crippen LogP contribution >= 0.6 is 39.3 Å². The Morgan fingerprint density at radius 1 is 1.32 bits per heavy atom. The van der Waals surface area contributed by atoms with Gasteiger partial charge in [0.15, 0.2) is 0 Å². The summed E-state index contributed by atoms with van der Waals surface area (Å²) in [5.74, 6) is -2.49. The zero-order chi connectivity index (χ0) is 27.8. The van der Waals surface area contributed by atoms with E-state index in [1.165, 1.54) is 0 Å². The number of alkyl halides is 1. The van der Waals surface area contributed by atoms with Gasteiger partial charge in [-0.1, -0.05) is 53.5 Å². The summed E-state index contributed by atoms with van der Waals surface area (Å²) in [6.45, 7) is 11.5. The van der Waals surface area contributed by atoms with Crippen LogP contribution in [0.4, 0.5) is 5.69 Å². The number of thioether (sulfide) groups is 1. The highest BCUT2D eigenvalue weighted by Gasteiger charge is 2.76. The van der Waals surface area contributed by atoms with Crippen molar-refractivity contribution < 1.29 is 24.2 Å². The van der Waals surface area contributed by atoms with E-state index >= 15 is 0 Å². The summed E-state index contributed by atoms with van der Waals surface area (Å²) < 4.78 is 4.72. The monoisotopic (exact) mass is 624 g/mol. The molecule has 2 amide bonds. The number of likely N-dealkylation sites (tertiary alicyclic amines) is 1. The van der Waals surface area contributed by atoms with Crippen molar-refractivity contribution in [2.45, 2.75) is 53.6 Å². The summed E-state index contributed by atoms with van der Waals surface area (Å²) in [6, 6.07) is 5.48. The number of amides is 2. The fraction of sp³-hybridized carbons (Fsp3) is 0.536. The molecule has 0 aromatic heterocycles. The van der Waals surface area contributed by atoms with Gasteiger partial charge in [0.25, 0.3) is 5.91 Å². The molecule has 3 heterocycles. The van der Waals surface area contributed by atoms with Crippen molar-refractivity contribution in [2.24, 2.45) is 17.8 Å². The molecule has 206 valence electrons. The molecule has 3 fully saturated rings. The summed E-state index contributed by atoms with van der Waals surface area (Å²) in [7, 11) is 0. The fourth-order valence-electron chi connectivity index (χ4n) is 6.15. The number of hydrogen-bond acceptors (Lipinski definition) is 6. The number of aliphatic hydroxyl groups excluding tert-OH is 1. The minimum atomic E-state index is -0.879. The van der Waals surface area contributed by atoms with Crippen LogP contribution in [0.15, 0.2) is 49.6 Å². The third-order valence-corrected chi connectivity index (χ3v) is 11.3. The maximum absolute atomic E-state index is 14.6. The molecule has 3 aliphatic rings. The summed E-state index contributed by atoms with van der Waals surface area (Å²) in [6.07, 6.45) is 4.37. The summed E-state index contributed by atoms with van der Waals surface area (Å²) >= 11 is 11.4. The van der Waals surface area contributed by atoms with E-state index < -0.39 is 34.6 Å². The Morgan fingerprint density at radius 2 is 2.00 bits per heavy atom. The number of benzene rings is 1. The predicted molar refractivity (Wildman–Crippen MR) is 155 cm³/mol. The molecule has 1 N–H and O–H groups in total. The number of ether oxygens (including phenoxy) is 1. The molecule has 0 aliphatic carbocycles. The number of nitrogens with zero attached hydrogens (tertiary/aromatic N) is 2. The predicted octanol–water partition coefficient (Wildman–Crippen LogP) is 4.46. The number of aliphatic hydroxyl groups is 1. The number of rotatable bonds is 11. The lowest BCUT2D eigenvalue weighted by Gasteiger charge is -2.40. The molecule has 3 unspecified atom stereocenters. The number of fused-ring (bicyclic) bond motifs is 1. The highest BCUT2D eigenvalue weighted by atomic mass is 79.9. The van der Waals surface area contributed by atoms with Gasteiger partial charge in [0.05, 0.1) is 35.8 Å². The van der Waals surface area contributed by atoms with E-state index in [4.69, 9.17) is 16.3 Å². The lowest BCUT2D eigenvalue weighted by atomic mass is 9.71. The molecule has 38 heavy (non-hydrogen) atoms. The summed E-state index contributed by atoms with van der Waals surface area (Å²) in [5.41, 5.74) is 0.630. The molecule has 1 aromatic carbocycles. The van der Waals surface area contributed by atoms with Crippen LogP contribution in [-0.4, -0.2) is 74.5 Å². The fourth-order valence-corrected chi connectivity index (χ4v) is 9.86. The van der Waals surface area contributed by atoms with E-state index in [9.17, 15) is 19.5 Å². The third kappa shape index (κ3) is 4.84. The zero-order valence-electron chi connectivity index (χ0n) is 21.6. The van der Waals surface area contributed by atoms with E-state index in [1.54, 1.807) is 58.0 Å². The summed E-state index contributed by atoms with van der Waals surface area (Å²) in [4.78, 5) is 45.3. The minimum Gasteiger partial charge on any atom is -0.465 e. The Bertz CT molecular complexity index is 1100. The highest BCUT2D eigenvalue weighted by Crippen LogP contribution is 2.68. The number of halogens is 2. The van der Waals surface area contributed by atoms with Gasteiger partial charge in [-0.05, 0) is 43.0 Å². The van der Waals surface area contributed by atoms with Crippen molar-refractivity contribution >= 4 is 62.8 Å². The van der Waals surface area contributed by atoms with Gasteiger partial charge in [-0.3, -0.25) is 14.4 Å². The van der Waals surface area contributed by atoms with E-state index in [0.29, 0.717) is 23.6 Å². The van der Waals surface area contributed by atoms with Gasteiger partial charge in [-0.15, -0.1) is 24.9 Å². The lowest BCUT2D eigenvalue weighted by Crippen LogP contribution is -2.59. The Kier molecular flexibility index (Phi) is 9.02. The van der Waals surface area contributed by atoms with Gasteiger partial charge in [0, 0.05) is 27.3 Å². The lowest BCUT2D eigenvalue weighted by molar-refractivity contribution is -0.154. The maximum Gasteiger partial charge on any atom is 0.310 e. The van der Waals surface area contributed by atoms with Crippen molar-refractivity contribution in [2.75, 3.05) is 24.7 Å². The SMILES string of the molecule is C=CCCOC(=O)[C@H]1[C@H]2C(=O)N([C@@H](CO)C(C)C)C(C(=O)N(CC=C)c3ccc(Cl)cc3)C23CC(Br)[C@@H]1S3. The molecule has 1 spiro atoms. The summed E-state index contributed by atoms with van der Waals surface area (Å²) in [5, 5.41) is 10.7. The largest absolute Gasteiger partial charge is 0.465 e. The average Bonchev–Trinajstić information content (AvgIpc) is 3.47. The molecule has 3 aliphatic heterocycles. The number of carbonyl (C=O) groups excluding carboxylic acids is 3. The van der Waals surface area contributed by atoms with Crippen LogP contribution < -0.4 is 4.90 Å². The zero-order valence-corrected chi connectivity index (χ0v) is 24.8. The van der Waals surface area contributed by atoms with Crippen molar-refractivity contribution in [1.29, 1.82) is 0 Å². The van der Waals surface area contributed by atoms with E-state index in [2.05, 4.69) is 29.1 Å². The first kappa shape index (κ1) is 29.2. The second-order valence-corrected chi connectivity index (χ2v) is 13.5. The second kappa shape index (κ2) is 11.7. The van der Waals surface area contributed by atoms with Crippen LogP contribution in [0.1, 0.15) is 26.7 Å². The Hall–Kier alpha value is -1.81. The molecule has 2 bridgehead atoms. The topological polar surface area (TPSA) is 87.1 Å². The first-order valence-electron chi connectivity index (χ1n) is 12.8. The van der Waals surface area contributed by atoms with Crippen LogP contribution in [0, 0.1) is 17.8 Å². The second-order valence-electron chi connectivity index (χ2n) is 10.4. The van der Waals surface area contributed by atoms with Crippen LogP contribution in [0.5, 0.6) is 0 Å². The van der Waals surface area contributed by atoms with Crippen molar-refractivity contribution in [3.8, 4) is 0 Å². The van der Waals surface area contributed by atoms with Gasteiger partial charge in [-0.25, -0.2) is 0 Å². The Labute approximate surface area is 241 Å². The van der Waals surface area contributed by atoms with Gasteiger partial charge in [0.1, 0.15) is 6.04 Å². The van der Waals surface area contributed by atoms with Crippen molar-refractivity contribution in [1.82, 2.24) is 4.90 Å². The molecule has 7 nitrogen and oxygen atoms in total. The molecular formula is C28H34BrClN2O5S. The Balaban J connectivity index is 1.81. The average molecular weight is 626 g/mol. The Morgan fingerprint density at radius 3 is 2.58 bits per heavy atom. The number of carbonyl (C=O) groups is 3. The molecule has 0 radical (unpaired) electrons. The number of anilines is 1. The molecule has 7 atom stereocenters. The first-order chi connectivity index (χ1) is 18.1. The number of hydrogen-bond donors (Lipinski definition) is 1. The molecule has 10 heteroatoms. The molecule has 0 saturated carbocycles. The third-order valence-electron chi connectivity index (χ3n) is 7.83. The van der Waals surface area contributed by atoms with Gasteiger partial charge >= 0.3 is 5.97 Å². The van der Waals surface area contributed by atoms with Crippen LogP contribution in [0.25, 0.3) is 0 Å². The molecule has 4 rings (SSSR count). The van der Waals surface area contributed by atoms with Crippen LogP contribution in [0.3, 0.4) is 0 Å². The minimum absolute atomic E-state index is 0.0706. The van der Waals surface area contributed by atoms with E-state index in [1.807, 2.05) is 13.8 Å². The van der Waals surface area contributed by atoms with E-state index in [-0.39, 0.29) is 47.6 Å². The maximum atomic E-state index is 14.6. The van der Waals surface area contributed by atoms with Crippen LogP contribution in [-0.2, 0) is 19.1 Å². The molecular weight excluding hydrogens is 592 g/mol. The first-order valence-corrected chi connectivity index (χ1v) is 15.0. The standard InChI is InChI=1S/C28H34BrClN2O5S/c1-5-7-13-37-27(36)21-22-25(34)32(20(15-33)16(3)4)24(28(22)14-19(29)23(21)38-28)26(35)31(12-6-2)18-10-8-17(30)9-11-18/h5-6,8-11,16,19-24,33H,1-2,7,12-15H2,3-4H3/t19?,20-,21-,22-,23-,24?,28?/m0/s1. The van der Waals surface area contributed by atoms with E-state index in [0.717, 1.165) is 0 Å². The van der Waals surface area contributed by atoms with Gasteiger partial charge in [0.2, 0.25) is 5.91 Å². The highest BCUT2D eigenvalue weighted by molar-refractivity contribution is 9.09. The van der Waals surface area contributed by atoms with Gasteiger partial charge < -0.3 is 19.6 Å². The van der Waals surface area contributed by atoms with Crippen molar-refractivity contribution in [3.05, 3.63) is 54.6 Å². The van der Waals surface area contributed by atoms with Crippen molar-refractivity contribution in [3.63, 3.8) is 0 Å². The molecule has 1 aromatic rings. The van der Waals surface area contributed by atoms with Crippen LogP contribution in [0.2, 0.25) is 5.02 Å². The van der Waals surface area contributed by atoms with Gasteiger partial charge in [-0.2, -0.15) is 0 Å². The smallest absolute Gasteiger partial charge is 0.310 e. The molecule has 3 saturated heterocycles. The normalized spacial score (nSPS) is 30.3.